The molecule has 0 aromatic heterocycles. The molecule has 1 aliphatic carbocycles. The maximum absolute atomic E-state index is 5.26. The van der Waals surface area contributed by atoms with E-state index in [9.17, 15) is 0 Å². The van der Waals surface area contributed by atoms with Crippen molar-refractivity contribution in [3.63, 3.8) is 0 Å². The van der Waals surface area contributed by atoms with Gasteiger partial charge in [0.2, 0.25) is 0 Å². The van der Waals surface area contributed by atoms with Gasteiger partial charge in [0.25, 0.3) is 0 Å². The lowest BCUT2D eigenvalue weighted by Crippen LogP contribution is -2.29. The molecule has 1 aliphatic heterocycles. The summed E-state index contributed by atoms with van der Waals surface area (Å²) < 4.78 is 0. The molecular weight excluding hydrogens is 152 g/mol. The van der Waals surface area contributed by atoms with Crippen LogP contribution < -0.4 is 0 Å². The highest BCUT2D eigenvalue weighted by Crippen LogP contribution is 2.34. The van der Waals surface area contributed by atoms with Crippen LogP contribution in [0.3, 0.4) is 0 Å². The molecule has 2 atom stereocenters. The molecule has 0 saturated heterocycles. The summed E-state index contributed by atoms with van der Waals surface area (Å²) in [5, 5.41) is 0. The first-order chi connectivity index (χ1) is 5.77. The van der Waals surface area contributed by atoms with E-state index in [4.69, 9.17) is 9.78 Å². The summed E-state index contributed by atoms with van der Waals surface area (Å²) in [4.78, 5) is 10.3. The van der Waals surface area contributed by atoms with Crippen molar-refractivity contribution in [1.29, 1.82) is 0 Å². The summed E-state index contributed by atoms with van der Waals surface area (Å²) in [5.74, 6) is 0.785. The van der Waals surface area contributed by atoms with Crippen LogP contribution in [0.4, 0.5) is 0 Å². The number of hydrogen-bond donors (Lipinski definition) is 0. The van der Waals surface area contributed by atoms with Crippen LogP contribution in [0.25, 0.3) is 0 Å². The molecule has 12 heavy (non-hydrogen) atoms. The van der Waals surface area contributed by atoms with Crippen molar-refractivity contribution in [3.8, 4) is 0 Å². The second-order valence-electron chi connectivity index (χ2n) is 4.03. The van der Waals surface area contributed by atoms with Gasteiger partial charge in [-0.2, -0.15) is 0 Å². The van der Waals surface area contributed by atoms with Crippen molar-refractivity contribution < 1.29 is 9.78 Å². The third-order valence-electron chi connectivity index (χ3n) is 2.92. The number of fused-ring (bicyclic) bond motifs is 1. The zero-order valence-corrected chi connectivity index (χ0v) is 7.80. The van der Waals surface area contributed by atoms with E-state index in [0.29, 0.717) is 6.61 Å². The highest BCUT2D eigenvalue weighted by Gasteiger charge is 2.29. The van der Waals surface area contributed by atoms with E-state index in [0.717, 1.165) is 12.3 Å². The largest absolute Gasteiger partial charge is 0.232 e. The molecule has 1 heterocycles. The Morgan fingerprint density at radius 1 is 1.42 bits per heavy atom. The van der Waals surface area contributed by atoms with E-state index in [1.807, 2.05) is 0 Å². The Labute approximate surface area is 73.5 Å². The highest BCUT2D eigenvalue weighted by atomic mass is 17.2. The topological polar surface area (TPSA) is 18.5 Å². The summed E-state index contributed by atoms with van der Waals surface area (Å²) >= 11 is 0. The van der Waals surface area contributed by atoms with Crippen molar-refractivity contribution in [2.45, 2.75) is 39.2 Å². The molecule has 0 unspecified atom stereocenters. The van der Waals surface area contributed by atoms with Gasteiger partial charge in [0.15, 0.2) is 0 Å². The molecule has 2 nitrogen and oxygen atoms in total. The van der Waals surface area contributed by atoms with Crippen LogP contribution in [0.15, 0.2) is 11.1 Å². The Bertz CT molecular complexity index is 208. The summed E-state index contributed by atoms with van der Waals surface area (Å²) in [7, 11) is 0. The summed E-state index contributed by atoms with van der Waals surface area (Å²) in [6.45, 7) is 5.10. The molecule has 1 saturated carbocycles. The van der Waals surface area contributed by atoms with Gasteiger partial charge in [0, 0.05) is 0 Å². The second-order valence-corrected chi connectivity index (χ2v) is 4.03. The number of hydrogen-bond acceptors (Lipinski definition) is 2. The average molecular weight is 168 g/mol. The summed E-state index contributed by atoms with van der Waals surface area (Å²) in [5.41, 5.74) is 2.89. The van der Waals surface area contributed by atoms with E-state index >= 15 is 0 Å². The van der Waals surface area contributed by atoms with Crippen LogP contribution in [0.2, 0.25) is 0 Å². The minimum atomic E-state index is 0.266. The molecule has 0 radical (unpaired) electrons. The molecule has 0 amide bonds. The Kier molecular flexibility index (Phi) is 2.20. The van der Waals surface area contributed by atoms with Crippen LogP contribution in [0.5, 0.6) is 0 Å². The molecule has 0 spiro atoms. The lowest BCUT2D eigenvalue weighted by molar-refractivity contribution is -0.323. The van der Waals surface area contributed by atoms with E-state index in [1.165, 1.54) is 24.0 Å². The van der Waals surface area contributed by atoms with Gasteiger partial charge in [-0.1, -0.05) is 6.92 Å². The first-order valence-corrected chi connectivity index (χ1v) is 4.74. The molecule has 2 heteroatoms. The van der Waals surface area contributed by atoms with Crippen molar-refractivity contribution in [3.05, 3.63) is 11.1 Å². The fourth-order valence-electron chi connectivity index (χ4n) is 2.07. The van der Waals surface area contributed by atoms with Gasteiger partial charge in [-0.15, -0.1) is 0 Å². The Morgan fingerprint density at radius 2 is 2.25 bits per heavy atom. The minimum absolute atomic E-state index is 0.266. The van der Waals surface area contributed by atoms with Crippen molar-refractivity contribution in [1.82, 2.24) is 0 Å². The van der Waals surface area contributed by atoms with Crippen LogP contribution in [-0.4, -0.2) is 12.7 Å². The van der Waals surface area contributed by atoms with Crippen LogP contribution in [0, 0.1) is 5.92 Å². The van der Waals surface area contributed by atoms with Gasteiger partial charge in [0.1, 0.15) is 12.7 Å². The Balaban J connectivity index is 2.16. The smallest absolute Gasteiger partial charge is 0.115 e. The van der Waals surface area contributed by atoms with E-state index < -0.39 is 0 Å². The minimum Gasteiger partial charge on any atom is -0.232 e. The quantitative estimate of drug-likeness (QED) is 0.408. The lowest BCUT2D eigenvalue weighted by atomic mass is 9.82. The zero-order chi connectivity index (χ0) is 8.55. The Morgan fingerprint density at radius 3 is 3.08 bits per heavy atom. The summed E-state index contributed by atoms with van der Waals surface area (Å²) in [6, 6.07) is 0. The standard InChI is InChI=1S/C10H16O2/c1-7-3-4-9-8(2)6-11-12-10(9)5-7/h7,10H,3-6H2,1-2H3/t7-,10-/m1/s1. The van der Waals surface area contributed by atoms with Gasteiger partial charge in [-0.05, 0) is 43.3 Å². The van der Waals surface area contributed by atoms with Crippen molar-refractivity contribution in [2.75, 3.05) is 6.61 Å². The zero-order valence-electron chi connectivity index (χ0n) is 7.80. The SMILES string of the molecule is CC1=C2CC[C@@H](C)C[C@H]2OOC1. The van der Waals surface area contributed by atoms with Gasteiger partial charge in [-0.3, -0.25) is 0 Å². The number of rotatable bonds is 0. The normalized spacial score (nSPS) is 36.5. The summed E-state index contributed by atoms with van der Waals surface area (Å²) in [6.07, 6.45) is 3.92. The maximum atomic E-state index is 5.26. The third-order valence-corrected chi connectivity index (χ3v) is 2.92. The average Bonchev–Trinajstić information content (AvgIpc) is 2.04. The van der Waals surface area contributed by atoms with E-state index in [2.05, 4.69) is 13.8 Å². The first kappa shape index (κ1) is 8.27. The molecular formula is C10H16O2. The van der Waals surface area contributed by atoms with Gasteiger partial charge >= 0.3 is 0 Å². The predicted molar refractivity (Wildman–Crippen MR) is 46.5 cm³/mol. The van der Waals surface area contributed by atoms with Crippen LogP contribution in [0.1, 0.15) is 33.1 Å². The second kappa shape index (κ2) is 3.19. The van der Waals surface area contributed by atoms with Crippen molar-refractivity contribution in [2.24, 2.45) is 5.92 Å². The molecule has 2 rings (SSSR count). The van der Waals surface area contributed by atoms with Crippen molar-refractivity contribution >= 4 is 0 Å². The van der Waals surface area contributed by atoms with E-state index in [1.54, 1.807) is 0 Å². The van der Waals surface area contributed by atoms with Gasteiger partial charge in [-0.25, -0.2) is 9.78 Å². The van der Waals surface area contributed by atoms with Gasteiger partial charge < -0.3 is 0 Å². The first-order valence-electron chi connectivity index (χ1n) is 4.74. The van der Waals surface area contributed by atoms with E-state index in [-0.39, 0.29) is 6.10 Å². The maximum Gasteiger partial charge on any atom is 0.115 e. The molecule has 0 N–H and O–H groups in total. The molecule has 0 aromatic carbocycles. The fraction of sp³-hybridized carbons (Fsp3) is 0.800. The molecule has 0 aromatic rings. The predicted octanol–water partition coefficient (Wildman–Crippen LogP) is 2.45. The Hall–Kier alpha value is -0.340. The van der Waals surface area contributed by atoms with Gasteiger partial charge in [0.05, 0.1) is 0 Å². The third kappa shape index (κ3) is 1.41. The lowest BCUT2D eigenvalue weighted by Gasteiger charge is -2.33. The van der Waals surface area contributed by atoms with Crippen LogP contribution >= 0.6 is 0 Å². The highest BCUT2D eigenvalue weighted by molar-refractivity contribution is 5.20. The molecule has 1 fully saturated rings. The molecule has 0 bridgehead atoms. The van der Waals surface area contributed by atoms with Crippen LogP contribution in [-0.2, 0) is 9.78 Å². The monoisotopic (exact) mass is 168 g/mol. The molecule has 2 aliphatic rings. The molecule has 68 valence electrons. The fourth-order valence-corrected chi connectivity index (χ4v) is 2.07.